The highest BCUT2D eigenvalue weighted by Crippen LogP contribution is 2.30. The number of carbonyl (C=O) groups is 1. The molecule has 6 heteroatoms. The summed E-state index contributed by atoms with van der Waals surface area (Å²) in [7, 11) is 0. The monoisotopic (exact) mass is 325 g/mol. The second-order valence-electron chi connectivity index (χ2n) is 5.66. The maximum atomic E-state index is 12.5. The van der Waals surface area contributed by atoms with Gasteiger partial charge in [-0.25, -0.2) is 0 Å². The quantitative estimate of drug-likeness (QED) is 0.741. The SMILES string of the molecule is Cc1ccccc1C(=O)N1CC(c2nc(-c3cccs3)no2)C1. The van der Waals surface area contributed by atoms with Crippen LogP contribution in [0.2, 0.25) is 0 Å². The van der Waals surface area contributed by atoms with E-state index in [1.807, 2.05) is 53.6 Å². The van der Waals surface area contributed by atoms with E-state index >= 15 is 0 Å². The van der Waals surface area contributed by atoms with Gasteiger partial charge in [0.15, 0.2) is 0 Å². The lowest BCUT2D eigenvalue weighted by molar-refractivity contribution is 0.0568. The van der Waals surface area contributed by atoms with E-state index in [2.05, 4.69) is 10.1 Å². The molecule has 23 heavy (non-hydrogen) atoms. The molecule has 0 spiro atoms. The third-order valence-corrected chi connectivity index (χ3v) is 4.94. The first-order valence-electron chi connectivity index (χ1n) is 7.45. The lowest BCUT2D eigenvalue weighted by Crippen LogP contribution is -2.48. The van der Waals surface area contributed by atoms with Crippen LogP contribution in [0.5, 0.6) is 0 Å². The van der Waals surface area contributed by atoms with Crippen molar-refractivity contribution in [3.8, 4) is 10.7 Å². The summed E-state index contributed by atoms with van der Waals surface area (Å²) in [5, 5.41) is 6.01. The van der Waals surface area contributed by atoms with Crippen LogP contribution >= 0.6 is 11.3 Å². The fourth-order valence-corrected chi connectivity index (χ4v) is 3.34. The maximum Gasteiger partial charge on any atom is 0.254 e. The summed E-state index contributed by atoms with van der Waals surface area (Å²) in [5.41, 5.74) is 1.76. The number of rotatable bonds is 3. The van der Waals surface area contributed by atoms with Crippen molar-refractivity contribution in [1.29, 1.82) is 0 Å². The minimum atomic E-state index is 0.0670. The number of aryl methyl sites for hydroxylation is 1. The number of nitrogens with zero attached hydrogens (tertiary/aromatic N) is 3. The summed E-state index contributed by atoms with van der Waals surface area (Å²) in [6.07, 6.45) is 0. The molecule has 4 rings (SSSR count). The van der Waals surface area contributed by atoms with E-state index in [0.717, 1.165) is 16.0 Å². The average molecular weight is 325 g/mol. The van der Waals surface area contributed by atoms with Crippen LogP contribution in [0.4, 0.5) is 0 Å². The van der Waals surface area contributed by atoms with Crippen molar-refractivity contribution < 1.29 is 9.32 Å². The van der Waals surface area contributed by atoms with Gasteiger partial charge < -0.3 is 9.42 Å². The van der Waals surface area contributed by atoms with E-state index in [0.29, 0.717) is 24.8 Å². The molecule has 0 saturated carbocycles. The Labute approximate surface area is 137 Å². The van der Waals surface area contributed by atoms with Gasteiger partial charge in [0.05, 0.1) is 10.8 Å². The molecule has 1 amide bonds. The molecular formula is C17H15N3O2S. The molecule has 0 atom stereocenters. The summed E-state index contributed by atoms with van der Waals surface area (Å²) >= 11 is 1.58. The molecule has 116 valence electrons. The standard InChI is InChI=1S/C17H15N3O2S/c1-11-5-2-3-6-13(11)17(21)20-9-12(10-20)16-18-15(19-22-16)14-7-4-8-23-14/h2-8,12H,9-10H2,1H3. The molecule has 0 N–H and O–H groups in total. The van der Waals surface area contributed by atoms with Crippen LogP contribution in [0, 0.1) is 6.92 Å². The van der Waals surface area contributed by atoms with Crippen molar-refractivity contribution >= 4 is 17.2 Å². The van der Waals surface area contributed by atoms with Gasteiger partial charge in [0.25, 0.3) is 5.91 Å². The van der Waals surface area contributed by atoms with Crippen LogP contribution in [0.3, 0.4) is 0 Å². The Bertz CT molecular complexity index is 835. The van der Waals surface area contributed by atoms with Crippen molar-refractivity contribution in [2.45, 2.75) is 12.8 Å². The molecule has 2 aromatic heterocycles. The van der Waals surface area contributed by atoms with E-state index in [4.69, 9.17) is 4.52 Å². The number of aromatic nitrogens is 2. The van der Waals surface area contributed by atoms with E-state index < -0.39 is 0 Å². The zero-order valence-corrected chi connectivity index (χ0v) is 13.4. The molecule has 3 heterocycles. The van der Waals surface area contributed by atoms with E-state index in [-0.39, 0.29) is 11.8 Å². The smallest absolute Gasteiger partial charge is 0.254 e. The van der Waals surface area contributed by atoms with Crippen LogP contribution < -0.4 is 0 Å². The van der Waals surface area contributed by atoms with Gasteiger partial charge in [-0.2, -0.15) is 4.98 Å². The minimum Gasteiger partial charge on any atom is -0.339 e. The predicted octanol–water partition coefficient (Wildman–Crippen LogP) is 3.35. The van der Waals surface area contributed by atoms with Crippen molar-refractivity contribution in [3.63, 3.8) is 0 Å². The van der Waals surface area contributed by atoms with Crippen molar-refractivity contribution in [3.05, 3.63) is 58.8 Å². The number of hydrogen-bond acceptors (Lipinski definition) is 5. The van der Waals surface area contributed by atoms with Gasteiger partial charge >= 0.3 is 0 Å². The molecule has 0 unspecified atom stereocenters. The Hall–Kier alpha value is -2.47. The molecule has 1 saturated heterocycles. The third kappa shape index (κ3) is 2.55. The first kappa shape index (κ1) is 14.1. The van der Waals surface area contributed by atoms with Crippen LogP contribution in [0.1, 0.15) is 27.7 Å². The van der Waals surface area contributed by atoms with Crippen LogP contribution in [-0.2, 0) is 0 Å². The Balaban J connectivity index is 1.44. The van der Waals surface area contributed by atoms with Gasteiger partial charge in [0.1, 0.15) is 0 Å². The summed E-state index contributed by atoms with van der Waals surface area (Å²) in [4.78, 5) is 19.7. The lowest BCUT2D eigenvalue weighted by Gasteiger charge is -2.37. The number of benzene rings is 1. The fraction of sp³-hybridized carbons (Fsp3) is 0.235. The van der Waals surface area contributed by atoms with E-state index in [1.54, 1.807) is 11.3 Å². The zero-order chi connectivity index (χ0) is 15.8. The first-order valence-corrected chi connectivity index (χ1v) is 8.33. The number of likely N-dealkylation sites (tertiary alicyclic amines) is 1. The summed E-state index contributed by atoms with van der Waals surface area (Å²) in [6, 6.07) is 11.6. The molecule has 1 aliphatic heterocycles. The molecule has 5 nitrogen and oxygen atoms in total. The van der Waals surface area contributed by atoms with Gasteiger partial charge in [-0.05, 0) is 30.0 Å². The lowest BCUT2D eigenvalue weighted by atomic mass is 9.97. The minimum absolute atomic E-state index is 0.0670. The molecular weight excluding hydrogens is 310 g/mol. The summed E-state index contributed by atoms with van der Waals surface area (Å²) in [6.45, 7) is 3.20. The highest BCUT2D eigenvalue weighted by atomic mass is 32.1. The summed E-state index contributed by atoms with van der Waals surface area (Å²) in [5.74, 6) is 1.43. The second-order valence-corrected chi connectivity index (χ2v) is 6.60. The van der Waals surface area contributed by atoms with E-state index in [9.17, 15) is 4.79 Å². The maximum absolute atomic E-state index is 12.5. The van der Waals surface area contributed by atoms with Gasteiger partial charge in [-0.1, -0.05) is 29.4 Å². The van der Waals surface area contributed by atoms with Gasteiger partial charge in [-0.15, -0.1) is 11.3 Å². The average Bonchev–Trinajstić information content (AvgIpc) is 3.17. The molecule has 0 aliphatic carbocycles. The van der Waals surface area contributed by atoms with Crippen LogP contribution in [0.15, 0.2) is 46.3 Å². The zero-order valence-electron chi connectivity index (χ0n) is 12.6. The molecule has 1 aliphatic rings. The predicted molar refractivity (Wildman–Crippen MR) is 87.4 cm³/mol. The van der Waals surface area contributed by atoms with Gasteiger partial charge in [0.2, 0.25) is 11.7 Å². The number of thiophene rings is 1. The van der Waals surface area contributed by atoms with Crippen molar-refractivity contribution in [2.75, 3.05) is 13.1 Å². The largest absolute Gasteiger partial charge is 0.339 e. The Kier molecular flexibility index (Phi) is 3.46. The fourth-order valence-electron chi connectivity index (χ4n) is 2.69. The van der Waals surface area contributed by atoms with Gasteiger partial charge in [-0.3, -0.25) is 4.79 Å². The molecule has 3 aromatic rings. The molecule has 1 fully saturated rings. The molecule has 0 radical (unpaired) electrons. The Morgan fingerprint density at radius 1 is 1.26 bits per heavy atom. The summed E-state index contributed by atoms with van der Waals surface area (Å²) < 4.78 is 5.36. The Morgan fingerprint density at radius 3 is 2.83 bits per heavy atom. The van der Waals surface area contributed by atoms with Crippen molar-refractivity contribution in [2.24, 2.45) is 0 Å². The third-order valence-electron chi connectivity index (χ3n) is 4.08. The van der Waals surface area contributed by atoms with Crippen LogP contribution in [0.25, 0.3) is 10.7 Å². The first-order chi connectivity index (χ1) is 11.2. The molecule has 1 aromatic carbocycles. The molecule has 0 bridgehead atoms. The second kappa shape index (κ2) is 5.62. The number of carbonyl (C=O) groups excluding carboxylic acids is 1. The van der Waals surface area contributed by atoms with Crippen LogP contribution in [-0.4, -0.2) is 34.0 Å². The highest BCUT2D eigenvalue weighted by molar-refractivity contribution is 7.13. The highest BCUT2D eigenvalue weighted by Gasteiger charge is 2.36. The van der Waals surface area contributed by atoms with E-state index in [1.165, 1.54) is 0 Å². The number of hydrogen-bond donors (Lipinski definition) is 0. The van der Waals surface area contributed by atoms with Crippen molar-refractivity contribution in [1.82, 2.24) is 15.0 Å². The topological polar surface area (TPSA) is 59.2 Å². The Morgan fingerprint density at radius 2 is 2.09 bits per heavy atom. The van der Waals surface area contributed by atoms with Gasteiger partial charge in [0, 0.05) is 18.7 Å². The number of amides is 1. The normalized spacial score (nSPS) is 14.7.